The summed E-state index contributed by atoms with van der Waals surface area (Å²) in [7, 11) is -0.888. The zero-order chi connectivity index (χ0) is 12.8. The maximum absolute atomic E-state index is 11.7. The van der Waals surface area contributed by atoms with Gasteiger partial charge in [0.05, 0.1) is 12.7 Å². The first-order valence-corrected chi connectivity index (χ1v) is 7.00. The van der Waals surface area contributed by atoms with E-state index in [2.05, 4.69) is 24.2 Å². The number of carboxylic acid groups (broad SMARTS) is 1. The largest absolute Gasteiger partial charge is 0.476 e. The van der Waals surface area contributed by atoms with Crippen LogP contribution in [0.15, 0.2) is 6.20 Å². The lowest BCUT2D eigenvalue weighted by Crippen LogP contribution is -2.14. The van der Waals surface area contributed by atoms with Crippen molar-refractivity contribution in [3.63, 3.8) is 0 Å². The van der Waals surface area contributed by atoms with E-state index in [0.717, 1.165) is 6.42 Å². The van der Waals surface area contributed by atoms with Crippen molar-refractivity contribution in [1.82, 2.24) is 15.0 Å². The lowest BCUT2D eigenvalue weighted by molar-refractivity contribution is 0.0690. The van der Waals surface area contributed by atoms with E-state index >= 15 is 0 Å². The van der Waals surface area contributed by atoms with Crippen LogP contribution >= 0.6 is 0 Å². The van der Waals surface area contributed by atoms with E-state index in [9.17, 15) is 9.00 Å². The van der Waals surface area contributed by atoms with Crippen LogP contribution in [-0.2, 0) is 17.3 Å². The first-order valence-electron chi connectivity index (χ1n) is 5.51. The molecule has 17 heavy (non-hydrogen) atoms. The van der Waals surface area contributed by atoms with E-state index in [4.69, 9.17) is 5.11 Å². The minimum Gasteiger partial charge on any atom is -0.476 e. The van der Waals surface area contributed by atoms with Crippen molar-refractivity contribution < 1.29 is 14.1 Å². The third-order valence-electron chi connectivity index (χ3n) is 2.47. The topological polar surface area (TPSA) is 85.1 Å². The quantitative estimate of drug-likeness (QED) is 0.781. The van der Waals surface area contributed by atoms with E-state index < -0.39 is 16.8 Å². The molecule has 0 bridgehead atoms. The lowest BCUT2D eigenvalue weighted by atomic mass is 10.2. The molecule has 1 rings (SSSR count). The molecule has 0 aliphatic heterocycles. The third-order valence-corrected chi connectivity index (χ3v) is 4.05. The Hall–Kier alpha value is -1.24. The number of aromatic nitrogens is 3. The summed E-state index contributed by atoms with van der Waals surface area (Å²) in [5.74, 6) is 0.502. The van der Waals surface area contributed by atoms with Crippen LogP contribution in [0.5, 0.6) is 0 Å². The van der Waals surface area contributed by atoms with Crippen molar-refractivity contribution in [2.24, 2.45) is 5.92 Å². The first-order chi connectivity index (χ1) is 8.02. The smallest absolute Gasteiger partial charge is 0.358 e. The molecule has 0 aromatic carbocycles. The number of hydrogen-bond acceptors (Lipinski definition) is 4. The molecule has 1 aromatic rings. The summed E-state index contributed by atoms with van der Waals surface area (Å²) in [4.78, 5) is 10.6. The minimum absolute atomic E-state index is 0.0855. The Balaban J connectivity index is 2.39. The number of carbonyl (C=O) groups is 1. The molecule has 0 saturated heterocycles. The maximum atomic E-state index is 11.7. The summed E-state index contributed by atoms with van der Waals surface area (Å²) in [5, 5.41) is 15.8. The number of rotatable bonds is 7. The van der Waals surface area contributed by atoms with Crippen LogP contribution in [0.4, 0.5) is 0 Å². The fraction of sp³-hybridized carbons (Fsp3) is 0.700. The molecule has 1 heterocycles. The summed E-state index contributed by atoms with van der Waals surface area (Å²) < 4.78 is 13.1. The average Bonchev–Trinajstić information content (AvgIpc) is 2.75. The van der Waals surface area contributed by atoms with Gasteiger partial charge in [-0.3, -0.25) is 8.89 Å². The highest BCUT2D eigenvalue weighted by Crippen LogP contribution is 2.03. The molecule has 0 aliphatic rings. The standard InChI is InChI=1S/C10H17N3O3S/c1-3-8(2)7-17(16)5-4-13-6-9(10(14)15)11-12-13/h6,8H,3-5,7H2,1-2H3,(H,14,15). The van der Waals surface area contributed by atoms with Gasteiger partial charge in [-0.25, -0.2) is 4.79 Å². The van der Waals surface area contributed by atoms with Gasteiger partial charge in [0.2, 0.25) is 0 Å². The van der Waals surface area contributed by atoms with Crippen molar-refractivity contribution in [2.75, 3.05) is 11.5 Å². The van der Waals surface area contributed by atoms with Gasteiger partial charge in [0.15, 0.2) is 5.69 Å². The Morgan fingerprint density at radius 3 is 2.88 bits per heavy atom. The predicted octanol–water partition coefficient (Wildman–Crippen LogP) is 0.771. The van der Waals surface area contributed by atoms with Gasteiger partial charge in [-0.2, -0.15) is 0 Å². The monoisotopic (exact) mass is 259 g/mol. The van der Waals surface area contributed by atoms with Gasteiger partial charge in [0, 0.05) is 22.3 Å². The van der Waals surface area contributed by atoms with Gasteiger partial charge < -0.3 is 5.11 Å². The number of carboxylic acids is 1. The molecule has 0 saturated carbocycles. The molecule has 2 unspecified atom stereocenters. The summed E-state index contributed by atoms with van der Waals surface area (Å²) in [6.45, 7) is 4.57. The van der Waals surface area contributed by atoms with Gasteiger partial charge >= 0.3 is 5.97 Å². The Kier molecular flexibility index (Phi) is 5.27. The van der Waals surface area contributed by atoms with Crippen LogP contribution in [0.2, 0.25) is 0 Å². The van der Waals surface area contributed by atoms with Crippen molar-refractivity contribution >= 4 is 16.8 Å². The summed E-state index contributed by atoms with van der Waals surface area (Å²) in [6.07, 6.45) is 2.36. The summed E-state index contributed by atoms with van der Waals surface area (Å²) in [6, 6.07) is 0. The number of nitrogens with zero attached hydrogens (tertiary/aromatic N) is 3. The van der Waals surface area contributed by atoms with E-state index in [-0.39, 0.29) is 5.69 Å². The van der Waals surface area contributed by atoms with Crippen LogP contribution in [0, 0.1) is 5.92 Å². The van der Waals surface area contributed by atoms with E-state index in [1.54, 1.807) is 0 Å². The molecule has 1 N–H and O–H groups in total. The molecule has 7 heteroatoms. The molecule has 0 radical (unpaired) electrons. The third kappa shape index (κ3) is 4.64. The molecule has 1 aromatic heterocycles. The lowest BCUT2D eigenvalue weighted by Gasteiger charge is -2.07. The predicted molar refractivity (Wildman–Crippen MR) is 64.3 cm³/mol. The number of aromatic carboxylic acids is 1. The Labute approximate surface area is 102 Å². The Bertz CT molecular complexity index is 405. The van der Waals surface area contributed by atoms with Crippen LogP contribution in [0.3, 0.4) is 0 Å². The van der Waals surface area contributed by atoms with Crippen molar-refractivity contribution in [1.29, 1.82) is 0 Å². The van der Waals surface area contributed by atoms with Crippen LogP contribution in [0.25, 0.3) is 0 Å². The molecule has 2 atom stereocenters. The van der Waals surface area contributed by atoms with Crippen molar-refractivity contribution in [3.05, 3.63) is 11.9 Å². The van der Waals surface area contributed by atoms with E-state index in [0.29, 0.717) is 24.0 Å². The van der Waals surface area contributed by atoms with Gasteiger partial charge in [0.25, 0.3) is 0 Å². The minimum atomic E-state index is -1.10. The Morgan fingerprint density at radius 2 is 2.35 bits per heavy atom. The zero-order valence-electron chi connectivity index (χ0n) is 10.00. The molecule has 0 spiro atoms. The van der Waals surface area contributed by atoms with Crippen molar-refractivity contribution in [2.45, 2.75) is 26.8 Å². The number of hydrogen-bond donors (Lipinski definition) is 1. The highest BCUT2D eigenvalue weighted by atomic mass is 32.2. The molecule has 0 fully saturated rings. The molecular weight excluding hydrogens is 242 g/mol. The number of aryl methyl sites for hydroxylation is 1. The molecule has 0 aliphatic carbocycles. The fourth-order valence-electron chi connectivity index (χ4n) is 1.22. The second kappa shape index (κ2) is 6.48. The Morgan fingerprint density at radius 1 is 1.65 bits per heavy atom. The molecule has 0 amide bonds. The summed E-state index contributed by atoms with van der Waals surface area (Å²) in [5.41, 5.74) is -0.0855. The fourth-order valence-corrected chi connectivity index (χ4v) is 2.65. The van der Waals surface area contributed by atoms with Gasteiger partial charge in [-0.15, -0.1) is 5.10 Å². The normalized spacial score (nSPS) is 14.5. The van der Waals surface area contributed by atoms with Gasteiger partial charge in [-0.1, -0.05) is 25.5 Å². The molecular formula is C10H17N3O3S. The van der Waals surface area contributed by atoms with Crippen LogP contribution in [0.1, 0.15) is 30.8 Å². The highest BCUT2D eigenvalue weighted by molar-refractivity contribution is 7.84. The van der Waals surface area contributed by atoms with E-state index in [1.807, 2.05) is 0 Å². The first kappa shape index (κ1) is 13.8. The highest BCUT2D eigenvalue weighted by Gasteiger charge is 2.10. The second-order valence-electron chi connectivity index (χ2n) is 4.00. The van der Waals surface area contributed by atoms with Crippen molar-refractivity contribution in [3.8, 4) is 0 Å². The van der Waals surface area contributed by atoms with Crippen LogP contribution in [-0.4, -0.2) is 41.8 Å². The maximum Gasteiger partial charge on any atom is 0.358 e. The molecule has 6 nitrogen and oxygen atoms in total. The van der Waals surface area contributed by atoms with Crippen LogP contribution < -0.4 is 0 Å². The second-order valence-corrected chi connectivity index (χ2v) is 5.62. The zero-order valence-corrected chi connectivity index (χ0v) is 10.8. The summed E-state index contributed by atoms with van der Waals surface area (Å²) >= 11 is 0. The SMILES string of the molecule is CCC(C)CS(=O)CCn1cc(C(=O)O)nn1. The van der Waals surface area contributed by atoms with Gasteiger partial charge in [0.1, 0.15) is 0 Å². The van der Waals surface area contributed by atoms with E-state index in [1.165, 1.54) is 10.9 Å². The average molecular weight is 259 g/mol. The van der Waals surface area contributed by atoms with Gasteiger partial charge in [-0.05, 0) is 5.92 Å². The molecule has 96 valence electrons.